The number of esters is 1. The number of methoxy groups -OCH3 is 1. The first-order valence-electron chi connectivity index (χ1n) is 13.6. The summed E-state index contributed by atoms with van der Waals surface area (Å²) in [6.45, 7) is 5.59. The van der Waals surface area contributed by atoms with E-state index in [1.807, 2.05) is 24.3 Å². The number of benzene rings is 3. The van der Waals surface area contributed by atoms with Crippen LogP contribution in [0.1, 0.15) is 53.9 Å². The Morgan fingerprint density at radius 1 is 1.00 bits per heavy atom. The van der Waals surface area contributed by atoms with E-state index < -0.39 is 18.0 Å². The Labute approximate surface area is 251 Å². The van der Waals surface area contributed by atoms with Gasteiger partial charge < -0.3 is 19.3 Å². The number of fused-ring (bicyclic) bond motifs is 1. The molecule has 1 N–H and O–H groups in total. The summed E-state index contributed by atoms with van der Waals surface area (Å²) < 4.78 is 18.7. The minimum Gasteiger partial charge on any atom is -0.497 e. The summed E-state index contributed by atoms with van der Waals surface area (Å²) in [5.41, 5.74) is 3.13. The lowest BCUT2D eigenvalue weighted by Crippen LogP contribution is -2.40. The molecule has 1 aliphatic rings. The van der Waals surface area contributed by atoms with Gasteiger partial charge in [-0.05, 0) is 79.9 Å². The normalized spacial score (nSPS) is 14.7. The number of allylic oxidation sites excluding steroid dienone is 1. The number of carbonyl (C=O) groups excluding carboxylic acids is 1. The highest BCUT2D eigenvalue weighted by molar-refractivity contribution is 7.07. The fourth-order valence-corrected chi connectivity index (χ4v) is 5.73. The van der Waals surface area contributed by atoms with Crippen LogP contribution in [0.3, 0.4) is 0 Å². The fraction of sp³-hybridized carbons (Fsp3) is 0.212. The van der Waals surface area contributed by atoms with E-state index >= 15 is 0 Å². The SMILES string of the molecule is COc1ccc([C@H]2C(C(=O)OC(C)C)=C(C)N=c3s/c(=C/c4ccc(OCc5ccc(C(=O)O)cc5)cc4)c(=O)n32)cc1. The van der Waals surface area contributed by atoms with Crippen molar-refractivity contribution >= 4 is 29.4 Å². The van der Waals surface area contributed by atoms with Crippen molar-refractivity contribution in [1.29, 1.82) is 0 Å². The van der Waals surface area contributed by atoms with Gasteiger partial charge >= 0.3 is 11.9 Å². The minimum absolute atomic E-state index is 0.218. The summed E-state index contributed by atoms with van der Waals surface area (Å²) in [7, 11) is 1.58. The van der Waals surface area contributed by atoms with Gasteiger partial charge in [0, 0.05) is 0 Å². The quantitative estimate of drug-likeness (QED) is 0.283. The number of aromatic nitrogens is 1. The van der Waals surface area contributed by atoms with Crippen LogP contribution in [0.25, 0.3) is 6.08 Å². The second kappa shape index (κ2) is 12.5. The smallest absolute Gasteiger partial charge is 0.338 e. The van der Waals surface area contributed by atoms with E-state index in [0.717, 1.165) is 16.7 Å². The highest BCUT2D eigenvalue weighted by Gasteiger charge is 2.33. The predicted octanol–water partition coefficient (Wildman–Crippen LogP) is 4.47. The lowest BCUT2D eigenvalue weighted by molar-refractivity contribution is -0.143. The number of hydrogen-bond acceptors (Lipinski definition) is 8. The number of carboxylic acid groups (broad SMARTS) is 1. The van der Waals surface area contributed by atoms with Gasteiger partial charge in [-0.15, -0.1) is 0 Å². The number of aromatic carboxylic acids is 1. The molecule has 43 heavy (non-hydrogen) atoms. The molecule has 9 nitrogen and oxygen atoms in total. The maximum atomic E-state index is 13.8. The zero-order chi connectivity index (χ0) is 30.7. The van der Waals surface area contributed by atoms with Crippen molar-refractivity contribution in [2.75, 3.05) is 7.11 Å². The molecule has 5 rings (SSSR count). The molecule has 0 fully saturated rings. The average molecular weight is 599 g/mol. The van der Waals surface area contributed by atoms with E-state index in [1.165, 1.54) is 23.5 Å². The third kappa shape index (κ3) is 6.44. The van der Waals surface area contributed by atoms with Gasteiger partial charge in [-0.3, -0.25) is 9.36 Å². The molecule has 2 heterocycles. The predicted molar refractivity (Wildman–Crippen MR) is 162 cm³/mol. The van der Waals surface area contributed by atoms with Crippen LogP contribution >= 0.6 is 11.3 Å². The molecule has 0 amide bonds. The molecule has 0 aliphatic carbocycles. The van der Waals surface area contributed by atoms with E-state index in [0.29, 0.717) is 32.1 Å². The Hall–Kier alpha value is -4.96. The second-order valence-corrected chi connectivity index (χ2v) is 11.2. The van der Waals surface area contributed by atoms with Gasteiger partial charge in [0.1, 0.15) is 18.1 Å². The highest BCUT2D eigenvalue weighted by atomic mass is 32.1. The molecule has 10 heteroatoms. The van der Waals surface area contributed by atoms with Gasteiger partial charge in [-0.1, -0.05) is 47.7 Å². The third-order valence-corrected chi connectivity index (χ3v) is 7.78. The summed E-state index contributed by atoms with van der Waals surface area (Å²) in [5, 5.41) is 9.05. The minimum atomic E-state index is -0.976. The number of carbonyl (C=O) groups is 2. The van der Waals surface area contributed by atoms with Gasteiger partial charge in [0.05, 0.1) is 40.6 Å². The molecule has 1 atom stereocenters. The van der Waals surface area contributed by atoms with Crippen LogP contribution in [0.15, 0.2) is 93.9 Å². The lowest BCUT2D eigenvalue weighted by Gasteiger charge is -2.25. The number of nitrogens with zero attached hydrogens (tertiary/aromatic N) is 2. The summed E-state index contributed by atoms with van der Waals surface area (Å²) in [5.74, 6) is -0.202. The molecule has 4 aromatic rings. The Kier molecular flexibility index (Phi) is 8.58. The Bertz CT molecular complexity index is 1870. The van der Waals surface area contributed by atoms with Gasteiger partial charge in [-0.2, -0.15) is 0 Å². The molecule has 0 bridgehead atoms. The van der Waals surface area contributed by atoms with Gasteiger partial charge in [-0.25, -0.2) is 14.6 Å². The standard InChI is InChI=1S/C33H30N2O7S/c1-19(2)42-32(39)28-20(3)34-33-35(29(28)23-11-15-25(40-4)16-12-23)30(36)27(43-33)17-21-7-13-26(14-8-21)41-18-22-5-9-24(10-6-22)31(37)38/h5-17,19,29H,18H2,1-4H3,(H,37,38)/b27-17+/t29-/m0/s1. The summed E-state index contributed by atoms with van der Waals surface area (Å²) in [6, 6.07) is 20.3. The van der Waals surface area contributed by atoms with Crippen molar-refractivity contribution in [3.05, 3.63) is 126 Å². The van der Waals surface area contributed by atoms with E-state index in [9.17, 15) is 14.4 Å². The number of hydrogen-bond donors (Lipinski definition) is 1. The van der Waals surface area contributed by atoms with Crippen molar-refractivity contribution in [3.8, 4) is 11.5 Å². The number of thiazole rings is 1. The van der Waals surface area contributed by atoms with Crippen molar-refractivity contribution in [1.82, 2.24) is 4.57 Å². The van der Waals surface area contributed by atoms with Crippen molar-refractivity contribution in [2.45, 2.75) is 39.5 Å². The van der Waals surface area contributed by atoms with Crippen LogP contribution in [0.2, 0.25) is 0 Å². The molecule has 220 valence electrons. The first kappa shape index (κ1) is 29.5. The molecular formula is C33H30N2O7S. The number of ether oxygens (including phenoxy) is 3. The van der Waals surface area contributed by atoms with Crippen molar-refractivity contribution in [3.63, 3.8) is 0 Å². The van der Waals surface area contributed by atoms with E-state index in [-0.39, 0.29) is 23.8 Å². The van der Waals surface area contributed by atoms with E-state index in [1.54, 1.807) is 74.9 Å². The first-order valence-corrected chi connectivity index (χ1v) is 14.4. The Morgan fingerprint density at radius 2 is 1.65 bits per heavy atom. The first-order chi connectivity index (χ1) is 20.6. The molecule has 0 unspecified atom stereocenters. The van der Waals surface area contributed by atoms with Gasteiger partial charge in [0.25, 0.3) is 5.56 Å². The van der Waals surface area contributed by atoms with Crippen LogP contribution < -0.4 is 24.4 Å². The topological polar surface area (TPSA) is 116 Å². The largest absolute Gasteiger partial charge is 0.497 e. The number of rotatable bonds is 9. The molecule has 1 aliphatic heterocycles. The fourth-order valence-electron chi connectivity index (χ4n) is 4.68. The summed E-state index contributed by atoms with van der Waals surface area (Å²) in [6.07, 6.45) is 1.45. The molecule has 3 aromatic carbocycles. The maximum absolute atomic E-state index is 13.8. The van der Waals surface area contributed by atoms with Crippen LogP contribution in [-0.4, -0.2) is 34.8 Å². The molecule has 1 aromatic heterocycles. The Morgan fingerprint density at radius 3 is 2.26 bits per heavy atom. The van der Waals surface area contributed by atoms with Crippen LogP contribution in [0, 0.1) is 0 Å². The van der Waals surface area contributed by atoms with E-state index in [2.05, 4.69) is 4.99 Å². The van der Waals surface area contributed by atoms with Crippen LogP contribution in [0.4, 0.5) is 0 Å². The highest BCUT2D eigenvalue weighted by Crippen LogP contribution is 2.32. The van der Waals surface area contributed by atoms with E-state index in [4.69, 9.17) is 19.3 Å². The summed E-state index contributed by atoms with van der Waals surface area (Å²) >= 11 is 1.25. The molecular weight excluding hydrogens is 568 g/mol. The summed E-state index contributed by atoms with van der Waals surface area (Å²) in [4.78, 5) is 43.2. The third-order valence-electron chi connectivity index (χ3n) is 6.80. The Balaban J connectivity index is 1.45. The zero-order valence-corrected chi connectivity index (χ0v) is 24.9. The molecule has 0 spiro atoms. The molecule has 0 radical (unpaired) electrons. The second-order valence-electron chi connectivity index (χ2n) is 10.2. The van der Waals surface area contributed by atoms with Gasteiger partial charge in [0.2, 0.25) is 0 Å². The van der Waals surface area contributed by atoms with Gasteiger partial charge in [0.15, 0.2) is 4.80 Å². The van der Waals surface area contributed by atoms with Crippen molar-refractivity contribution < 1.29 is 28.9 Å². The van der Waals surface area contributed by atoms with Crippen molar-refractivity contribution in [2.24, 2.45) is 4.99 Å². The maximum Gasteiger partial charge on any atom is 0.338 e. The zero-order valence-electron chi connectivity index (χ0n) is 24.1. The average Bonchev–Trinajstić information content (AvgIpc) is 3.29. The number of carboxylic acids is 1. The molecule has 0 saturated carbocycles. The van der Waals surface area contributed by atoms with Crippen LogP contribution in [-0.2, 0) is 16.1 Å². The monoisotopic (exact) mass is 598 g/mol. The van der Waals surface area contributed by atoms with Crippen LogP contribution in [0.5, 0.6) is 11.5 Å². The molecule has 0 saturated heterocycles. The lowest BCUT2D eigenvalue weighted by atomic mass is 9.96.